The van der Waals surface area contributed by atoms with Crippen LogP contribution in [0.15, 0.2) is 0 Å². The third-order valence-corrected chi connectivity index (χ3v) is 3.88. The first-order chi connectivity index (χ1) is 17.4. The molecule has 0 fully saturated rings. The molecular formula is C19H33F6N7O7. The van der Waals surface area contributed by atoms with E-state index in [9.17, 15) is 40.7 Å². The Balaban J connectivity index is -0.000000752. The molecule has 0 bridgehead atoms. The number of alkyl halides is 6. The quantitative estimate of drug-likeness (QED) is 0.0641. The van der Waals surface area contributed by atoms with Gasteiger partial charge in [-0.05, 0) is 32.1 Å². The van der Waals surface area contributed by atoms with Gasteiger partial charge >= 0.3 is 24.3 Å². The monoisotopic (exact) mass is 585 g/mol. The summed E-state index contributed by atoms with van der Waals surface area (Å²) in [7, 11) is 0. The Hall–Kier alpha value is -3.84. The Bertz CT molecular complexity index is 812. The molecule has 14 nitrogen and oxygen atoms in total. The molecule has 0 aromatic heterocycles. The molecule has 3 amide bonds. The lowest BCUT2D eigenvalue weighted by atomic mass is 10.0. The van der Waals surface area contributed by atoms with Crippen LogP contribution in [0.5, 0.6) is 0 Å². The first-order valence-electron chi connectivity index (χ1n) is 10.8. The highest BCUT2D eigenvalue weighted by atomic mass is 19.4. The first-order valence-corrected chi connectivity index (χ1v) is 10.8. The lowest BCUT2D eigenvalue weighted by Crippen LogP contribution is -2.55. The molecule has 0 saturated heterocycles. The smallest absolute Gasteiger partial charge is 0.475 e. The summed E-state index contributed by atoms with van der Waals surface area (Å²) in [6, 6.07) is -2.41. The minimum Gasteiger partial charge on any atom is -0.475 e. The van der Waals surface area contributed by atoms with Gasteiger partial charge in [0, 0.05) is 6.54 Å². The molecule has 0 radical (unpaired) electrons. The molecule has 0 aliphatic rings. The molecule has 3 atom stereocenters. The molecule has 0 aromatic rings. The number of aliphatic carboxylic acids is 2. The minimum absolute atomic E-state index is 0.149. The molecule has 12 N–H and O–H groups in total. The van der Waals surface area contributed by atoms with Gasteiger partial charge in [0.1, 0.15) is 12.1 Å². The molecule has 0 aromatic carbocycles. The van der Waals surface area contributed by atoms with Gasteiger partial charge in [-0.3, -0.25) is 19.8 Å². The predicted molar refractivity (Wildman–Crippen MR) is 123 cm³/mol. The van der Waals surface area contributed by atoms with Crippen LogP contribution < -0.4 is 33.2 Å². The van der Waals surface area contributed by atoms with Crippen molar-refractivity contribution >= 4 is 35.6 Å². The summed E-state index contributed by atoms with van der Waals surface area (Å²) >= 11 is 0. The van der Waals surface area contributed by atoms with Crippen LogP contribution in [0, 0.1) is 11.3 Å². The summed E-state index contributed by atoms with van der Waals surface area (Å²) in [6.07, 6.45) is -8.99. The van der Waals surface area contributed by atoms with Crippen LogP contribution in [0.3, 0.4) is 0 Å². The van der Waals surface area contributed by atoms with Gasteiger partial charge < -0.3 is 43.4 Å². The fraction of sp³-hybridized carbons (Fsp3) is 0.684. The Kier molecular flexibility index (Phi) is 18.7. The van der Waals surface area contributed by atoms with E-state index in [4.69, 9.17) is 42.4 Å². The molecule has 0 unspecified atom stereocenters. The van der Waals surface area contributed by atoms with Gasteiger partial charge in [-0.15, -0.1) is 0 Å². The number of nitrogens with two attached hydrogens (primary N) is 3. The second kappa shape index (κ2) is 18.4. The average Bonchev–Trinajstić information content (AvgIpc) is 2.73. The number of halogens is 6. The molecule has 0 rings (SSSR count). The SMILES string of the molecule is CC(C)C[C@H](NC(=O)[C@H](C)N)C(=O)N[C@@H](CCCNC(=N)N)C(N)=O.O=C(O)C(F)(F)F.O=C(O)C(F)(F)F. The second-order valence-corrected chi connectivity index (χ2v) is 8.03. The molecule has 228 valence electrons. The number of nitrogens with one attached hydrogen (secondary N) is 4. The van der Waals surface area contributed by atoms with Crippen LogP contribution in [0.25, 0.3) is 0 Å². The van der Waals surface area contributed by atoms with Gasteiger partial charge in [0.15, 0.2) is 5.96 Å². The maximum absolute atomic E-state index is 12.4. The number of primary amides is 1. The van der Waals surface area contributed by atoms with Crippen LogP contribution in [0.4, 0.5) is 26.3 Å². The molecule has 0 spiro atoms. The van der Waals surface area contributed by atoms with Crippen molar-refractivity contribution in [1.82, 2.24) is 16.0 Å². The summed E-state index contributed by atoms with van der Waals surface area (Å²) in [5, 5.41) is 29.1. The van der Waals surface area contributed by atoms with Crippen molar-refractivity contribution in [3.05, 3.63) is 0 Å². The first kappa shape index (κ1) is 39.7. The Morgan fingerprint density at radius 1 is 0.821 bits per heavy atom. The van der Waals surface area contributed by atoms with Crippen LogP contribution >= 0.6 is 0 Å². The number of hydrogen-bond acceptors (Lipinski definition) is 7. The fourth-order valence-electron chi connectivity index (χ4n) is 2.09. The second-order valence-electron chi connectivity index (χ2n) is 8.03. The standard InChI is InChI=1S/C15H31N7O3.2C2HF3O2/c1-8(2)7-11(22-13(24)9(3)16)14(25)21-10(12(17)23)5-4-6-20-15(18)19;2*3-2(4,5)1(6)7/h8-11H,4-7,16H2,1-3H3,(H2,17,23)(H,21,25)(H,22,24)(H4,18,19,20);2*(H,6,7)/t9-,10-,11-;;/m0../s1. The van der Waals surface area contributed by atoms with Gasteiger partial charge in [-0.1, -0.05) is 13.8 Å². The van der Waals surface area contributed by atoms with Gasteiger partial charge in [-0.2, -0.15) is 26.3 Å². The van der Waals surface area contributed by atoms with Crippen LogP contribution in [-0.2, 0) is 24.0 Å². The van der Waals surface area contributed by atoms with Gasteiger partial charge in [0.2, 0.25) is 17.7 Å². The highest BCUT2D eigenvalue weighted by molar-refractivity contribution is 5.92. The maximum atomic E-state index is 12.4. The highest BCUT2D eigenvalue weighted by Crippen LogP contribution is 2.13. The fourth-order valence-corrected chi connectivity index (χ4v) is 2.09. The summed E-state index contributed by atoms with van der Waals surface area (Å²) in [5.41, 5.74) is 16.0. The lowest BCUT2D eigenvalue weighted by molar-refractivity contribution is -0.193. The number of carboxylic acids is 2. The summed E-state index contributed by atoms with van der Waals surface area (Å²) in [6.45, 7) is 5.73. The zero-order valence-electron chi connectivity index (χ0n) is 21.1. The third-order valence-electron chi connectivity index (χ3n) is 3.88. The van der Waals surface area contributed by atoms with E-state index in [1.54, 1.807) is 0 Å². The number of carbonyl (C=O) groups excluding carboxylic acids is 3. The van der Waals surface area contributed by atoms with Crippen LogP contribution in [0.2, 0.25) is 0 Å². The topological polar surface area (TPSA) is 264 Å². The van der Waals surface area contributed by atoms with E-state index in [1.807, 2.05) is 13.8 Å². The van der Waals surface area contributed by atoms with E-state index in [0.29, 0.717) is 19.4 Å². The van der Waals surface area contributed by atoms with Gasteiger partial charge in [-0.25, -0.2) is 9.59 Å². The number of rotatable bonds is 11. The number of guanidine groups is 1. The minimum atomic E-state index is -5.08. The van der Waals surface area contributed by atoms with E-state index < -0.39 is 60.1 Å². The highest BCUT2D eigenvalue weighted by Gasteiger charge is 2.38. The number of carbonyl (C=O) groups is 5. The molecule has 0 heterocycles. The van der Waals surface area contributed by atoms with E-state index >= 15 is 0 Å². The maximum Gasteiger partial charge on any atom is 0.490 e. The third kappa shape index (κ3) is 23.0. The average molecular weight is 586 g/mol. The summed E-state index contributed by atoms with van der Waals surface area (Å²) in [4.78, 5) is 53.6. The van der Waals surface area contributed by atoms with Crippen molar-refractivity contribution in [3.63, 3.8) is 0 Å². The van der Waals surface area contributed by atoms with Gasteiger partial charge in [0.05, 0.1) is 6.04 Å². The van der Waals surface area contributed by atoms with Crippen LogP contribution in [0.1, 0.15) is 40.0 Å². The van der Waals surface area contributed by atoms with Gasteiger partial charge in [0.25, 0.3) is 0 Å². The van der Waals surface area contributed by atoms with E-state index in [2.05, 4.69) is 16.0 Å². The van der Waals surface area contributed by atoms with Crippen molar-refractivity contribution < 1.29 is 60.5 Å². The predicted octanol–water partition coefficient (Wildman–Crippen LogP) is -0.636. The van der Waals surface area contributed by atoms with Crippen molar-refractivity contribution in [2.75, 3.05) is 6.54 Å². The number of carboxylic acid groups (broad SMARTS) is 2. The zero-order chi connectivity index (χ0) is 31.7. The molecule has 0 saturated carbocycles. The number of amides is 3. The van der Waals surface area contributed by atoms with E-state index in [-0.39, 0.29) is 18.3 Å². The van der Waals surface area contributed by atoms with Crippen molar-refractivity contribution in [2.45, 2.75) is 70.5 Å². The Labute approximate surface area is 218 Å². The molecular weight excluding hydrogens is 552 g/mol. The number of hydrogen-bond donors (Lipinski definition) is 9. The van der Waals surface area contributed by atoms with Crippen molar-refractivity contribution in [2.24, 2.45) is 23.1 Å². The lowest BCUT2D eigenvalue weighted by Gasteiger charge is -2.24. The molecule has 0 aliphatic carbocycles. The van der Waals surface area contributed by atoms with E-state index in [1.165, 1.54) is 6.92 Å². The van der Waals surface area contributed by atoms with Crippen molar-refractivity contribution in [1.29, 1.82) is 5.41 Å². The summed E-state index contributed by atoms with van der Waals surface area (Å²) in [5.74, 6) is -7.13. The normalized spacial score (nSPS) is 13.2. The Morgan fingerprint density at radius 3 is 1.49 bits per heavy atom. The largest absolute Gasteiger partial charge is 0.490 e. The summed E-state index contributed by atoms with van der Waals surface area (Å²) < 4.78 is 63.5. The Morgan fingerprint density at radius 2 is 1.21 bits per heavy atom. The molecule has 20 heteroatoms. The zero-order valence-corrected chi connectivity index (χ0v) is 21.1. The molecule has 39 heavy (non-hydrogen) atoms. The van der Waals surface area contributed by atoms with Crippen LogP contribution in [-0.4, -0.2) is 82.9 Å². The molecule has 0 aliphatic heterocycles. The van der Waals surface area contributed by atoms with Crippen molar-refractivity contribution in [3.8, 4) is 0 Å². The van der Waals surface area contributed by atoms with E-state index in [0.717, 1.165) is 0 Å².